The molecule has 8 rings (SSSR count). The van der Waals surface area contributed by atoms with Gasteiger partial charge in [0.05, 0.1) is 20.3 Å². The summed E-state index contributed by atoms with van der Waals surface area (Å²) in [4.78, 5) is 5.04. The fourth-order valence-corrected chi connectivity index (χ4v) is 7.71. The van der Waals surface area contributed by atoms with Gasteiger partial charge in [0.15, 0.2) is 0 Å². The van der Waals surface area contributed by atoms with Crippen molar-refractivity contribution >= 4 is 42.4 Å². The van der Waals surface area contributed by atoms with E-state index in [9.17, 15) is 0 Å². The van der Waals surface area contributed by atoms with Crippen LogP contribution in [0.2, 0.25) is 0 Å². The summed E-state index contributed by atoms with van der Waals surface area (Å²) in [5.41, 5.74) is 13.1. The molecule has 1 aromatic heterocycles. The van der Waals surface area contributed by atoms with Crippen molar-refractivity contribution in [2.24, 2.45) is 0 Å². The molecule has 4 heteroatoms. The summed E-state index contributed by atoms with van der Waals surface area (Å²) in [7, 11) is 0.477. The van der Waals surface area contributed by atoms with E-state index in [1.807, 2.05) is 0 Å². The van der Waals surface area contributed by atoms with Crippen LogP contribution < -0.4 is 9.34 Å². The summed E-state index contributed by atoms with van der Waals surface area (Å²) in [6, 6.07) is 38.0. The van der Waals surface area contributed by atoms with Gasteiger partial charge in [-0.2, -0.15) is 0 Å². The number of nitrogens with zero attached hydrogens (tertiary/aromatic N) is 3. The van der Waals surface area contributed by atoms with Crippen molar-refractivity contribution in [3.05, 3.63) is 137 Å². The molecule has 0 N–H and O–H groups in total. The smallest absolute Gasteiger partial charge is 0.0896 e. The molecule has 0 atom stereocenters. The van der Waals surface area contributed by atoms with Crippen LogP contribution in [0.25, 0.3) is 22.2 Å². The largest absolute Gasteiger partial charge is 0.301 e. The van der Waals surface area contributed by atoms with E-state index in [-0.39, 0.29) is 0 Å². The zero-order valence-corrected chi connectivity index (χ0v) is 21.5. The second-order valence-electron chi connectivity index (χ2n) is 10.1. The molecule has 0 saturated carbocycles. The molecule has 178 valence electrons. The van der Waals surface area contributed by atoms with Gasteiger partial charge in [-0.15, -0.1) is 0 Å². The van der Waals surface area contributed by atoms with Crippen molar-refractivity contribution in [1.82, 2.24) is 4.98 Å². The fourth-order valence-electron chi connectivity index (χ4n) is 6.21. The lowest BCUT2D eigenvalue weighted by atomic mass is 10.0. The fraction of sp³-hybridized carbons (Fsp3) is 0.121. The number of para-hydroxylation sites is 2. The van der Waals surface area contributed by atoms with Crippen LogP contribution in [0, 0.1) is 0 Å². The first kappa shape index (κ1) is 21.2. The molecule has 1 aliphatic carbocycles. The van der Waals surface area contributed by atoms with E-state index in [1.54, 1.807) is 0 Å². The van der Waals surface area contributed by atoms with Crippen LogP contribution in [0.1, 0.15) is 33.6 Å². The quantitative estimate of drug-likeness (QED) is 0.204. The highest BCUT2D eigenvalue weighted by molar-refractivity contribution is 7.45. The lowest BCUT2D eigenvalue weighted by molar-refractivity contribution is 0.857. The molecule has 0 fully saturated rings. The Hall–Kier alpha value is -3.94. The number of rotatable bonds is 0. The Kier molecular flexibility index (Phi) is 4.75. The molecule has 3 aliphatic rings. The van der Waals surface area contributed by atoms with Gasteiger partial charge in [-0.3, -0.25) is 4.98 Å². The van der Waals surface area contributed by atoms with Crippen molar-refractivity contribution in [2.45, 2.75) is 25.7 Å². The molecule has 2 aliphatic heterocycles. The number of pyridine rings is 1. The highest BCUT2D eigenvalue weighted by Crippen LogP contribution is 2.59. The molecule has 0 spiro atoms. The van der Waals surface area contributed by atoms with Gasteiger partial charge in [-0.25, -0.2) is 0 Å². The minimum Gasteiger partial charge on any atom is -0.301 e. The van der Waals surface area contributed by atoms with E-state index < -0.39 is 0 Å². The first-order chi connectivity index (χ1) is 18.3. The van der Waals surface area contributed by atoms with Gasteiger partial charge in [-0.1, -0.05) is 78.9 Å². The number of hydrogen-bond donors (Lipinski definition) is 0. The number of aryl methyl sites for hydroxylation is 4. The minimum atomic E-state index is 0.477. The topological polar surface area (TPSA) is 19.4 Å². The highest BCUT2D eigenvalue weighted by atomic mass is 31.1. The molecule has 37 heavy (non-hydrogen) atoms. The lowest BCUT2D eigenvalue weighted by Crippen LogP contribution is -2.14. The zero-order chi connectivity index (χ0) is 24.3. The maximum Gasteiger partial charge on any atom is 0.0896 e. The number of benzene rings is 4. The molecule has 0 radical (unpaired) electrons. The van der Waals surface area contributed by atoms with E-state index in [4.69, 9.17) is 4.98 Å². The van der Waals surface area contributed by atoms with Crippen molar-refractivity contribution in [3.8, 4) is 0 Å². The van der Waals surface area contributed by atoms with Crippen LogP contribution in [-0.2, 0) is 25.7 Å². The van der Waals surface area contributed by atoms with E-state index in [0.717, 1.165) is 25.7 Å². The van der Waals surface area contributed by atoms with Crippen LogP contribution in [0.15, 0.2) is 103 Å². The molecule has 0 saturated heterocycles. The van der Waals surface area contributed by atoms with Crippen LogP contribution in [-0.4, -0.2) is 4.98 Å². The van der Waals surface area contributed by atoms with E-state index in [2.05, 4.69) is 112 Å². The highest BCUT2D eigenvalue weighted by Gasteiger charge is 2.40. The Bertz CT molecular complexity index is 1620. The summed E-state index contributed by atoms with van der Waals surface area (Å²) >= 11 is 0. The summed E-state index contributed by atoms with van der Waals surface area (Å²) in [5.74, 6) is 0. The molecule has 5 aromatic rings. The summed E-state index contributed by atoms with van der Waals surface area (Å²) in [6.07, 6.45) is 3.85. The Morgan fingerprint density at radius 3 is 1.59 bits per heavy atom. The first-order valence-corrected chi connectivity index (χ1v) is 14.0. The number of hydrogen-bond acceptors (Lipinski definition) is 3. The van der Waals surface area contributed by atoms with Gasteiger partial charge in [0.25, 0.3) is 0 Å². The molecular weight excluding hydrogens is 469 g/mol. The molecule has 4 aromatic carbocycles. The second-order valence-corrected chi connectivity index (χ2v) is 11.1. The Balaban J connectivity index is 1.39. The van der Waals surface area contributed by atoms with Gasteiger partial charge in [0.2, 0.25) is 0 Å². The first-order valence-electron chi connectivity index (χ1n) is 13.1. The molecule has 3 nitrogen and oxygen atoms in total. The van der Waals surface area contributed by atoms with Crippen LogP contribution in [0.4, 0.5) is 11.4 Å². The maximum absolute atomic E-state index is 5.04. The predicted molar refractivity (Wildman–Crippen MR) is 156 cm³/mol. The average molecular weight is 496 g/mol. The van der Waals surface area contributed by atoms with Gasteiger partial charge >= 0.3 is 0 Å². The monoisotopic (exact) mass is 495 g/mol. The van der Waals surface area contributed by atoms with Gasteiger partial charge < -0.3 is 9.34 Å². The van der Waals surface area contributed by atoms with Crippen molar-refractivity contribution in [2.75, 3.05) is 9.34 Å². The van der Waals surface area contributed by atoms with E-state index in [1.165, 1.54) is 67.2 Å². The third kappa shape index (κ3) is 3.27. The van der Waals surface area contributed by atoms with Crippen molar-refractivity contribution < 1.29 is 0 Å². The van der Waals surface area contributed by atoms with Gasteiger partial charge in [0.1, 0.15) is 0 Å². The lowest BCUT2D eigenvalue weighted by Gasteiger charge is -2.29. The van der Waals surface area contributed by atoms with E-state index >= 15 is 0 Å². The number of anilines is 2. The summed E-state index contributed by atoms with van der Waals surface area (Å²) in [6.45, 7) is 0. The maximum atomic E-state index is 5.04. The molecule has 3 heterocycles. The van der Waals surface area contributed by atoms with Crippen molar-refractivity contribution in [3.63, 3.8) is 0 Å². The van der Waals surface area contributed by atoms with Crippen LogP contribution in [0.5, 0.6) is 0 Å². The third-order valence-corrected chi connectivity index (χ3v) is 9.25. The molecular formula is C33H26N3P. The Labute approximate surface area is 219 Å². The van der Waals surface area contributed by atoms with Gasteiger partial charge in [-0.05, 0) is 66.5 Å². The van der Waals surface area contributed by atoms with E-state index in [0.29, 0.717) is 8.88 Å². The SMILES string of the molecule is c1cc2nc(c1)CCc1ccccc1N1PN(C3=C1c1cccc4cccc3c14)c1ccccc1CC2. The number of aromatic nitrogens is 1. The molecule has 0 amide bonds. The average Bonchev–Trinajstić information content (AvgIpc) is 3.49. The molecule has 4 bridgehead atoms. The van der Waals surface area contributed by atoms with Crippen molar-refractivity contribution in [1.29, 1.82) is 0 Å². The van der Waals surface area contributed by atoms with Crippen LogP contribution in [0.3, 0.4) is 0 Å². The Morgan fingerprint density at radius 2 is 1.03 bits per heavy atom. The van der Waals surface area contributed by atoms with Gasteiger partial charge in [0, 0.05) is 39.3 Å². The predicted octanol–water partition coefficient (Wildman–Crippen LogP) is 7.79. The normalized spacial score (nSPS) is 15.9. The molecule has 0 unspecified atom stereocenters. The summed E-state index contributed by atoms with van der Waals surface area (Å²) < 4.78 is 5.18. The zero-order valence-electron chi connectivity index (χ0n) is 20.5. The number of fused-ring (bicyclic) bond motifs is 12. The third-order valence-electron chi connectivity index (χ3n) is 7.92. The minimum absolute atomic E-state index is 0.477. The van der Waals surface area contributed by atoms with Crippen LogP contribution >= 0.6 is 8.88 Å². The second kappa shape index (κ2) is 8.30. The Morgan fingerprint density at radius 1 is 0.514 bits per heavy atom. The summed E-state index contributed by atoms with van der Waals surface area (Å²) in [5, 5.41) is 2.69. The standard InChI is InChI=1S/C33H26N3P/c1-3-16-29-22(8-1)18-20-25-12-7-13-26(34-25)21-19-23-9-2-4-17-30(23)36-33-28-15-6-11-24-10-5-14-27(31(24)28)32(33)35(29)37-36/h1-17,37H,18-21H2.